The summed E-state index contributed by atoms with van der Waals surface area (Å²) in [7, 11) is 0. The van der Waals surface area contributed by atoms with Crippen molar-refractivity contribution in [1.82, 2.24) is 0 Å². The minimum Gasteiger partial charge on any atom is -0.478 e. The smallest absolute Gasteiger partial charge is 0.335 e. The number of carboxylic acid groups (broad SMARTS) is 1. The van der Waals surface area contributed by atoms with Gasteiger partial charge >= 0.3 is 5.97 Å². The summed E-state index contributed by atoms with van der Waals surface area (Å²) in [6.07, 6.45) is 0.552. The highest BCUT2D eigenvalue weighted by Gasteiger charge is 2.30. The van der Waals surface area contributed by atoms with E-state index in [1.165, 1.54) is 0 Å². The molecule has 0 heterocycles. The van der Waals surface area contributed by atoms with Crippen LogP contribution in [-0.4, -0.2) is 16.9 Å². The number of Topliss-reactive ketones (excluding diaryl/α,β-unsaturated/α-hetero) is 1. The molecular formula is C12H12O3. The molecule has 3 nitrogen and oxygen atoms in total. The highest BCUT2D eigenvalue weighted by molar-refractivity contribution is 6.05. The van der Waals surface area contributed by atoms with Crippen molar-refractivity contribution >= 4 is 11.8 Å². The number of carbonyl (C=O) groups excluding carboxylic acids is 1. The molecule has 0 spiro atoms. The van der Waals surface area contributed by atoms with E-state index < -0.39 is 5.97 Å². The average molecular weight is 204 g/mol. The summed E-state index contributed by atoms with van der Waals surface area (Å²) >= 11 is 0. The zero-order valence-electron chi connectivity index (χ0n) is 8.70. The number of carbonyl (C=O) groups is 2. The van der Waals surface area contributed by atoms with Gasteiger partial charge in [0.15, 0.2) is 5.78 Å². The van der Waals surface area contributed by atoms with Gasteiger partial charge in [0.2, 0.25) is 0 Å². The van der Waals surface area contributed by atoms with Crippen LogP contribution in [0, 0.1) is 12.8 Å². The van der Waals surface area contributed by atoms with E-state index in [1.54, 1.807) is 12.1 Å². The SMILES string of the molecule is Cc1cc(C(=O)O)c2c(c1)C(=O)C(C)C2. The maximum Gasteiger partial charge on any atom is 0.335 e. The fourth-order valence-electron chi connectivity index (χ4n) is 2.11. The van der Waals surface area contributed by atoms with Crippen LogP contribution in [0.3, 0.4) is 0 Å². The Balaban J connectivity index is 2.67. The van der Waals surface area contributed by atoms with Crippen molar-refractivity contribution in [3.05, 3.63) is 34.4 Å². The molecule has 1 aromatic carbocycles. The lowest BCUT2D eigenvalue weighted by atomic mass is 10.00. The monoisotopic (exact) mass is 204 g/mol. The van der Waals surface area contributed by atoms with Crippen LogP contribution in [0.2, 0.25) is 0 Å². The Kier molecular flexibility index (Phi) is 2.11. The minimum atomic E-state index is -0.947. The van der Waals surface area contributed by atoms with Crippen molar-refractivity contribution in [1.29, 1.82) is 0 Å². The van der Waals surface area contributed by atoms with E-state index in [-0.39, 0.29) is 17.3 Å². The number of aryl methyl sites for hydroxylation is 1. The Morgan fingerprint density at radius 1 is 1.47 bits per heavy atom. The van der Waals surface area contributed by atoms with Gasteiger partial charge in [-0.25, -0.2) is 4.79 Å². The van der Waals surface area contributed by atoms with Crippen LogP contribution < -0.4 is 0 Å². The molecule has 1 unspecified atom stereocenters. The number of benzene rings is 1. The molecule has 0 radical (unpaired) electrons. The summed E-state index contributed by atoms with van der Waals surface area (Å²) < 4.78 is 0. The number of ketones is 1. The Hall–Kier alpha value is -1.64. The van der Waals surface area contributed by atoms with E-state index in [2.05, 4.69) is 0 Å². The quantitative estimate of drug-likeness (QED) is 0.761. The third kappa shape index (κ3) is 1.44. The lowest BCUT2D eigenvalue weighted by Gasteiger charge is -2.04. The van der Waals surface area contributed by atoms with E-state index >= 15 is 0 Å². The molecule has 0 bridgehead atoms. The molecule has 1 aliphatic carbocycles. The van der Waals surface area contributed by atoms with Crippen LogP contribution in [0.25, 0.3) is 0 Å². The van der Waals surface area contributed by atoms with Gasteiger partial charge in [-0.1, -0.05) is 6.92 Å². The van der Waals surface area contributed by atoms with Crippen LogP contribution in [0.5, 0.6) is 0 Å². The van der Waals surface area contributed by atoms with Gasteiger partial charge in [0.05, 0.1) is 5.56 Å². The molecule has 1 N–H and O–H groups in total. The van der Waals surface area contributed by atoms with Crippen LogP contribution in [-0.2, 0) is 6.42 Å². The first-order chi connectivity index (χ1) is 7.00. The van der Waals surface area contributed by atoms with Gasteiger partial charge in [-0.2, -0.15) is 0 Å². The molecule has 2 rings (SSSR count). The van der Waals surface area contributed by atoms with Gasteiger partial charge in [0, 0.05) is 11.5 Å². The van der Waals surface area contributed by atoms with Crippen LogP contribution in [0.4, 0.5) is 0 Å². The van der Waals surface area contributed by atoms with Crippen molar-refractivity contribution < 1.29 is 14.7 Å². The zero-order chi connectivity index (χ0) is 11.2. The molecule has 1 aliphatic rings. The van der Waals surface area contributed by atoms with E-state index in [0.717, 1.165) is 5.56 Å². The Morgan fingerprint density at radius 3 is 2.73 bits per heavy atom. The molecular weight excluding hydrogens is 192 g/mol. The van der Waals surface area contributed by atoms with E-state index in [9.17, 15) is 9.59 Å². The highest BCUT2D eigenvalue weighted by Crippen LogP contribution is 2.30. The first-order valence-corrected chi connectivity index (χ1v) is 4.91. The predicted octanol–water partition coefficient (Wildman–Crippen LogP) is 2.07. The summed E-state index contributed by atoms with van der Waals surface area (Å²) in [5, 5.41) is 9.03. The number of fused-ring (bicyclic) bond motifs is 1. The fourth-order valence-corrected chi connectivity index (χ4v) is 2.11. The van der Waals surface area contributed by atoms with Crippen molar-refractivity contribution in [3.8, 4) is 0 Å². The summed E-state index contributed by atoms with van der Waals surface area (Å²) in [6.45, 7) is 3.65. The van der Waals surface area contributed by atoms with Crippen molar-refractivity contribution in [2.75, 3.05) is 0 Å². The summed E-state index contributed by atoms with van der Waals surface area (Å²) in [6, 6.07) is 3.42. The number of rotatable bonds is 1. The third-order valence-electron chi connectivity index (χ3n) is 2.85. The van der Waals surface area contributed by atoms with E-state index in [1.807, 2.05) is 13.8 Å². The van der Waals surface area contributed by atoms with Crippen molar-refractivity contribution in [2.24, 2.45) is 5.92 Å². The van der Waals surface area contributed by atoms with Crippen LogP contribution >= 0.6 is 0 Å². The largest absolute Gasteiger partial charge is 0.478 e. The zero-order valence-corrected chi connectivity index (χ0v) is 8.70. The van der Waals surface area contributed by atoms with Gasteiger partial charge in [-0.3, -0.25) is 4.79 Å². The van der Waals surface area contributed by atoms with Crippen LogP contribution in [0.15, 0.2) is 12.1 Å². The molecule has 0 saturated carbocycles. The van der Waals surface area contributed by atoms with Gasteiger partial charge in [-0.15, -0.1) is 0 Å². The normalized spacial score (nSPS) is 19.1. The maximum atomic E-state index is 11.7. The Morgan fingerprint density at radius 2 is 2.13 bits per heavy atom. The average Bonchev–Trinajstić information content (AvgIpc) is 2.43. The molecule has 78 valence electrons. The summed E-state index contributed by atoms with van der Waals surface area (Å²) in [4.78, 5) is 22.7. The minimum absolute atomic E-state index is 0.0659. The second kappa shape index (κ2) is 3.19. The van der Waals surface area contributed by atoms with Gasteiger partial charge in [-0.05, 0) is 36.6 Å². The standard InChI is InChI=1S/C12H12O3/c1-6-3-9-8(5-7(2)11(9)13)10(4-6)12(14)15/h3-4,7H,5H2,1-2H3,(H,14,15). The van der Waals surface area contributed by atoms with Crippen molar-refractivity contribution in [3.63, 3.8) is 0 Å². The number of hydrogen-bond acceptors (Lipinski definition) is 2. The number of hydrogen-bond donors (Lipinski definition) is 1. The van der Waals surface area contributed by atoms with Crippen LogP contribution in [0.1, 0.15) is 38.8 Å². The van der Waals surface area contributed by atoms with E-state index in [4.69, 9.17) is 5.11 Å². The molecule has 0 saturated heterocycles. The van der Waals surface area contributed by atoms with Gasteiger partial charge in [0.1, 0.15) is 0 Å². The Labute approximate surface area is 87.7 Å². The second-order valence-corrected chi connectivity index (χ2v) is 4.11. The number of aromatic carboxylic acids is 1. The molecule has 1 aromatic rings. The predicted molar refractivity (Wildman–Crippen MR) is 55.3 cm³/mol. The molecule has 0 amide bonds. The third-order valence-corrected chi connectivity index (χ3v) is 2.85. The molecule has 15 heavy (non-hydrogen) atoms. The lowest BCUT2D eigenvalue weighted by molar-refractivity contribution is 0.0695. The first-order valence-electron chi connectivity index (χ1n) is 4.91. The van der Waals surface area contributed by atoms with Crippen molar-refractivity contribution in [2.45, 2.75) is 20.3 Å². The van der Waals surface area contributed by atoms with Gasteiger partial charge in [0.25, 0.3) is 0 Å². The first kappa shape index (κ1) is 9.90. The number of carboxylic acids is 1. The summed E-state index contributed by atoms with van der Waals surface area (Å²) in [5.74, 6) is -0.965. The second-order valence-electron chi connectivity index (χ2n) is 4.11. The molecule has 0 aliphatic heterocycles. The lowest BCUT2D eigenvalue weighted by Crippen LogP contribution is -2.04. The molecule has 0 fully saturated rings. The maximum absolute atomic E-state index is 11.7. The molecule has 1 atom stereocenters. The van der Waals surface area contributed by atoms with E-state index in [0.29, 0.717) is 17.5 Å². The molecule has 0 aromatic heterocycles. The topological polar surface area (TPSA) is 54.4 Å². The highest BCUT2D eigenvalue weighted by atomic mass is 16.4. The summed E-state index contributed by atoms with van der Waals surface area (Å²) in [5.41, 5.74) is 2.40. The fraction of sp³-hybridized carbons (Fsp3) is 0.333. The van der Waals surface area contributed by atoms with Gasteiger partial charge < -0.3 is 5.11 Å². The Bertz CT molecular complexity index is 460. The molecule has 3 heteroatoms.